The van der Waals surface area contributed by atoms with Gasteiger partial charge in [0, 0.05) is 0 Å². The van der Waals surface area contributed by atoms with E-state index in [0.717, 1.165) is 12.0 Å². The van der Waals surface area contributed by atoms with E-state index >= 15 is 0 Å². The number of carbonyl (C=O) groups is 1. The summed E-state index contributed by atoms with van der Waals surface area (Å²) in [6.07, 6.45) is 1.14. The van der Waals surface area contributed by atoms with Crippen molar-refractivity contribution in [1.29, 1.82) is 0 Å². The number of aryl methyl sites for hydroxylation is 2. The maximum Gasteiger partial charge on any atom is 0.293 e. The Hall–Kier alpha value is -2.09. The van der Waals surface area contributed by atoms with Crippen molar-refractivity contribution in [2.24, 2.45) is 0 Å². The smallest absolute Gasteiger partial charge is 0.293 e. The molecule has 0 aromatic heterocycles. The van der Waals surface area contributed by atoms with Gasteiger partial charge in [0.05, 0.1) is 0 Å². The summed E-state index contributed by atoms with van der Waals surface area (Å²) in [5, 5.41) is 0. The first-order valence-corrected chi connectivity index (χ1v) is 7.41. The van der Waals surface area contributed by atoms with Crippen molar-refractivity contribution in [3.63, 3.8) is 0 Å². The van der Waals surface area contributed by atoms with Crippen LogP contribution < -0.4 is 0 Å². The van der Waals surface area contributed by atoms with Crippen LogP contribution in [0, 0.1) is 6.92 Å². The average Bonchev–Trinajstić information content (AvgIpc) is 2.56. The van der Waals surface area contributed by atoms with Gasteiger partial charge in [-0.25, -0.2) is 0 Å². The molecule has 0 unspecified atom stereocenters. The predicted octanol–water partition coefficient (Wildman–Crippen LogP) is 4.94. The molecule has 2 rings (SSSR count). The van der Waals surface area contributed by atoms with Crippen molar-refractivity contribution in [3.8, 4) is 0 Å². The highest BCUT2D eigenvalue weighted by Gasteiger charge is 1.87. The SMILES string of the molecule is CC.CCc1cccc(C)c1.O=COCc1ccccc1. The molecular weight excluding hydrogens is 260 g/mol. The fraction of sp³-hybridized carbons (Fsp3) is 0.316. The number of rotatable bonds is 4. The lowest BCUT2D eigenvalue weighted by molar-refractivity contribution is -0.129. The number of hydrogen-bond donors (Lipinski definition) is 0. The molecule has 2 aromatic rings. The maximum atomic E-state index is 9.76. The summed E-state index contributed by atoms with van der Waals surface area (Å²) < 4.78 is 4.54. The van der Waals surface area contributed by atoms with Gasteiger partial charge in [-0.3, -0.25) is 4.79 Å². The van der Waals surface area contributed by atoms with E-state index in [4.69, 9.17) is 0 Å². The Balaban J connectivity index is 0.000000342. The fourth-order valence-corrected chi connectivity index (χ4v) is 1.64. The van der Waals surface area contributed by atoms with Crippen LogP contribution in [0.15, 0.2) is 54.6 Å². The van der Waals surface area contributed by atoms with E-state index in [1.807, 2.05) is 44.2 Å². The highest BCUT2D eigenvalue weighted by atomic mass is 16.5. The van der Waals surface area contributed by atoms with Crippen LogP contribution >= 0.6 is 0 Å². The summed E-state index contributed by atoms with van der Waals surface area (Å²) in [5.74, 6) is 0. The van der Waals surface area contributed by atoms with E-state index in [9.17, 15) is 4.79 Å². The maximum absolute atomic E-state index is 9.76. The van der Waals surface area contributed by atoms with Gasteiger partial charge in [-0.2, -0.15) is 0 Å². The number of carbonyl (C=O) groups excluding carboxylic acids is 1. The number of hydrogen-bond acceptors (Lipinski definition) is 2. The van der Waals surface area contributed by atoms with E-state index < -0.39 is 0 Å². The molecule has 2 heteroatoms. The van der Waals surface area contributed by atoms with Gasteiger partial charge in [0.25, 0.3) is 6.47 Å². The summed E-state index contributed by atoms with van der Waals surface area (Å²) in [6, 6.07) is 18.2. The van der Waals surface area contributed by atoms with Crippen LogP contribution in [0.1, 0.15) is 37.5 Å². The molecule has 0 aliphatic heterocycles. The molecule has 0 saturated carbocycles. The van der Waals surface area contributed by atoms with Crippen molar-refractivity contribution >= 4 is 6.47 Å². The molecule has 0 bridgehead atoms. The topological polar surface area (TPSA) is 26.3 Å². The molecule has 0 atom stereocenters. The van der Waals surface area contributed by atoms with Gasteiger partial charge in [-0.1, -0.05) is 80.9 Å². The first-order chi connectivity index (χ1) is 10.3. The van der Waals surface area contributed by atoms with Crippen LogP contribution in [0.25, 0.3) is 0 Å². The van der Waals surface area contributed by atoms with Crippen molar-refractivity contribution in [2.45, 2.75) is 40.7 Å². The van der Waals surface area contributed by atoms with Crippen molar-refractivity contribution in [3.05, 3.63) is 71.3 Å². The summed E-state index contributed by atoms with van der Waals surface area (Å²) in [6.45, 7) is 9.12. The molecule has 114 valence electrons. The third kappa shape index (κ3) is 9.44. The molecule has 0 amide bonds. The lowest BCUT2D eigenvalue weighted by atomic mass is 10.1. The largest absolute Gasteiger partial charge is 0.463 e. The number of ether oxygens (including phenoxy) is 1. The monoisotopic (exact) mass is 286 g/mol. The second-order valence-electron chi connectivity index (χ2n) is 4.24. The molecule has 0 radical (unpaired) electrons. The van der Waals surface area contributed by atoms with Crippen molar-refractivity contribution in [1.82, 2.24) is 0 Å². The molecular formula is C19H26O2. The Bertz CT molecular complexity index is 478. The first-order valence-electron chi connectivity index (χ1n) is 7.41. The lowest BCUT2D eigenvalue weighted by Crippen LogP contribution is -1.88. The van der Waals surface area contributed by atoms with Gasteiger partial charge in [0.2, 0.25) is 0 Å². The quantitative estimate of drug-likeness (QED) is 0.744. The average molecular weight is 286 g/mol. The normalized spacial score (nSPS) is 8.57. The molecule has 0 heterocycles. The van der Waals surface area contributed by atoms with Crippen LogP contribution in [0.3, 0.4) is 0 Å². The lowest BCUT2D eigenvalue weighted by Gasteiger charge is -1.95. The highest BCUT2D eigenvalue weighted by Crippen LogP contribution is 2.03. The van der Waals surface area contributed by atoms with Crippen LogP contribution in [0.2, 0.25) is 0 Å². The van der Waals surface area contributed by atoms with Crippen LogP contribution in [0.5, 0.6) is 0 Å². The molecule has 2 aromatic carbocycles. The second-order valence-corrected chi connectivity index (χ2v) is 4.24. The minimum Gasteiger partial charge on any atom is -0.463 e. The first kappa shape index (κ1) is 18.9. The Morgan fingerprint density at radius 2 is 1.57 bits per heavy atom. The Morgan fingerprint density at radius 1 is 0.952 bits per heavy atom. The van der Waals surface area contributed by atoms with Gasteiger partial charge < -0.3 is 4.74 Å². The van der Waals surface area contributed by atoms with Crippen LogP contribution in [-0.2, 0) is 22.6 Å². The van der Waals surface area contributed by atoms with Crippen LogP contribution in [0.4, 0.5) is 0 Å². The molecule has 0 spiro atoms. The summed E-state index contributed by atoms with van der Waals surface area (Å²) in [4.78, 5) is 9.76. The standard InChI is InChI=1S/C9H12.C8H8O2.C2H6/c1-3-9-6-4-5-8(2)7-9;9-7-10-6-8-4-2-1-3-5-8;1-2/h4-7H,3H2,1-2H3;1-5,7H,6H2;1-2H3. The van der Waals surface area contributed by atoms with Gasteiger partial charge in [-0.15, -0.1) is 0 Å². The van der Waals surface area contributed by atoms with Gasteiger partial charge in [0.15, 0.2) is 0 Å². The molecule has 21 heavy (non-hydrogen) atoms. The minimum absolute atomic E-state index is 0.365. The van der Waals surface area contributed by atoms with Crippen LogP contribution in [-0.4, -0.2) is 6.47 Å². The molecule has 0 N–H and O–H groups in total. The zero-order valence-corrected chi connectivity index (χ0v) is 13.5. The Labute approximate surface area is 128 Å². The van der Waals surface area contributed by atoms with E-state index in [1.54, 1.807) is 0 Å². The zero-order valence-electron chi connectivity index (χ0n) is 13.5. The van der Waals surface area contributed by atoms with E-state index in [-0.39, 0.29) is 0 Å². The fourth-order valence-electron chi connectivity index (χ4n) is 1.64. The van der Waals surface area contributed by atoms with Crippen molar-refractivity contribution < 1.29 is 9.53 Å². The second kappa shape index (κ2) is 12.9. The predicted molar refractivity (Wildman–Crippen MR) is 89.2 cm³/mol. The third-order valence-electron chi connectivity index (χ3n) is 2.65. The van der Waals surface area contributed by atoms with Gasteiger partial charge in [0.1, 0.15) is 6.61 Å². The summed E-state index contributed by atoms with van der Waals surface area (Å²) in [5.41, 5.74) is 3.79. The number of benzene rings is 2. The minimum atomic E-state index is 0.365. The third-order valence-corrected chi connectivity index (χ3v) is 2.65. The van der Waals surface area contributed by atoms with E-state index in [2.05, 4.69) is 42.8 Å². The molecule has 0 aliphatic rings. The molecule has 0 aliphatic carbocycles. The van der Waals surface area contributed by atoms with E-state index in [0.29, 0.717) is 13.1 Å². The van der Waals surface area contributed by atoms with Crippen molar-refractivity contribution in [2.75, 3.05) is 0 Å². The Morgan fingerprint density at radius 3 is 2.05 bits per heavy atom. The van der Waals surface area contributed by atoms with Gasteiger partial charge in [-0.05, 0) is 24.5 Å². The molecule has 2 nitrogen and oxygen atoms in total. The Kier molecular flexibility index (Phi) is 11.6. The summed E-state index contributed by atoms with van der Waals surface area (Å²) in [7, 11) is 0. The van der Waals surface area contributed by atoms with E-state index in [1.165, 1.54) is 11.1 Å². The van der Waals surface area contributed by atoms with Gasteiger partial charge >= 0.3 is 0 Å². The molecule has 0 saturated heterocycles. The summed E-state index contributed by atoms with van der Waals surface area (Å²) >= 11 is 0. The zero-order chi connectivity index (χ0) is 15.9. The highest BCUT2D eigenvalue weighted by molar-refractivity contribution is 5.37. The molecule has 0 fully saturated rings.